The van der Waals surface area contributed by atoms with Crippen molar-refractivity contribution in [2.45, 2.75) is 25.0 Å². The average Bonchev–Trinajstić information content (AvgIpc) is 3.17. The van der Waals surface area contributed by atoms with Gasteiger partial charge in [-0.1, -0.05) is 78.9 Å². The smallest absolute Gasteiger partial charge is 0.339 e. The van der Waals surface area contributed by atoms with E-state index in [0.29, 0.717) is 6.04 Å². The number of rotatable bonds is 7. The molecule has 1 fully saturated rings. The topological polar surface area (TPSA) is 32.8 Å². The molecule has 1 saturated heterocycles. The number of hydrogen-bond acceptors (Lipinski definition) is 4. The lowest BCUT2D eigenvalue weighted by Crippen LogP contribution is -2.48. The van der Waals surface area contributed by atoms with Crippen LogP contribution in [0, 0.1) is 0 Å². The number of ether oxygens (including phenoxy) is 1. The van der Waals surface area contributed by atoms with E-state index < -0.39 is 0 Å². The van der Waals surface area contributed by atoms with Crippen LogP contribution in [0.3, 0.4) is 0 Å². The lowest BCUT2D eigenvalue weighted by molar-refractivity contribution is 0.0351. The van der Waals surface area contributed by atoms with Crippen molar-refractivity contribution in [2.24, 2.45) is 0 Å². The summed E-state index contributed by atoms with van der Waals surface area (Å²) in [6.45, 7) is 5.28. The van der Waals surface area contributed by atoms with E-state index in [1.807, 2.05) is 24.3 Å². The highest BCUT2D eigenvalue weighted by molar-refractivity contribution is 5.93. The van der Waals surface area contributed by atoms with Gasteiger partial charge in [0.2, 0.25) is 0 Å². The van der Waals surface area contributed by atoms with Crippen LogP contribution in [0.2, 0.25) is 0 Å². The Bertz CT molecular complexity index is 990. The highest BCUT2D eigenvalue weighted by Crippen LogP contribution is 2.34. The largest absolute Gasteiger partial charge is 0.454 e. The molecule has 2 heterocycles. The van der Waals surface area contributed by atoms with Crippen molar-refractivity contribution in [3.8, 4) is 0 Å². The Morgan fingerprint density at radius 1 is 0.781 bits per heavy atom. The Kier molecular flexibility index (Phi) is 6.33. The van der Waals surface area contributed by atoms with E-state index in [0.717, 1.165) is 56.7 Å². The van der Waals surface area contributed by atoms with Crippen LogP contribution in [0.15, 0.2) is 84.9 Å². The number of cyclic esters (lactones) is 1. The van der Waals surface area contributed by atoms with Crippen molar-refractivity contribution in [3.63, 3.8) is 0 Å². The van der Waals surface area contributed by atoms with Crippen molar-refractivity contribution >= 4 is 5.97 Å². The molecular formula is C28H30N2O2. The Morgan fingerprint density at radius 3 is 2.03 bits per heavy atom. The summed E-state index contributed by atoms with van der Waals surface area (Å²) in [5.41, 5.74) is 4.50. The average molecular weight is 427 g/mol. The molecule has 3 aromatic carbocycles. The number of carbonyl (C=O) groups excluding carboxylic acids is 1. The number of carbonyl (C=O) groups is 1. The maximum atomic E-state index is 12.0. The molecule has 4 nitrogen and oxygen atoms in total. The second-order valence-electron chi connectivity index (χ2n) is 8.72. The number of fused-ring (bicyclic) bond motifs is 1. The van der Waals surface area contributed by atoms with Crippen LogP contribution in [0.1, 0.15) is 52.0 Å². The molecule has 0 radical (unpaired) electrons. The molecule has 32 heavy (non-hydrogen) atoms. The zero-order valence-corrected chi connectivity index (χ0v) is 18.4. The summed E-state index contributed by atoms with van der Waals surface area (Å²) in [7, 11) is 0. The van der Waals surface area contributed by atoms with Crippen molar-refractivity contribution < 1.29 is 9.53 Å². The fraction of sp³-hybridized carbons (Fsp3) is 0.321. The van der Waals surface area contributed by atoms with Crippen molar-refractivity contribution in [3.05, 3.63) is 107 Å². The van der Waals surface area contributed by atoms with E-state index in [4.69, 9.17) is 4.74 Å². The molecule has 2 aliphatic rings. The van der Waals surface area contributed by atoms with Gasteiger partial charge < -0.3 is 9.64 Å². The molecule has 0 aliphatic carbocycles. The maximum Gasteiger partial charge on any atom is 0.339 e. The zero-order chi connectivity index (χ0) is 21.8. The third-order valence-electron chi connectivity index (χ3n) is 6.72. The fourth-order valence-corrected chi connectivity index (χ4v) is 5.06. The van der Waals surface area contributed by atoms with Gasteiger partial charge in [-0.15, -0.1) is 0 Å². The van der Waals surface area contributed by atoms with Crippen LogP contribution < -0.4 is 0 Å². The van der Waals surface area contributed by atoms with Gasteiger partial charge in [-0.05, 0) is 36.6 Å². The van der Waals surface area contributed by atoms with E-state index in [9.17, 15) is 4.79 Å². The quantitative estimate of drug-likeness (QED) is 0.493. The summed E-state index contributed by atoms with van der Waals surface area (Å²) in [6.07, 6.45) is 1.84. The normalized spacial score (nSPS) is 19.2. The van der Waals surface area contributed by atoms with Crippen LogP contribution >= 0.6 is 0 Å². The van der Waals surface area contributed by atoms with Gasteiger partial charge in [0, 0.05) is 31.7 Å². The molecule has 1 atom stereocenters. The maximum absolute atomic E-state index is 12.0. The summed E-state index contributed by atoms with van der Waals surface area (Å²) in [5, 5.41) is 0. The molecule has 3 aromatic rings. The second-order valence-corrected chi connectivity index (χ2v) is 8.72. The van der Waals surface area contributed by atoms with E-state index in [1.165, 1.54) is 11.1 Å². The molecule has 0 amide bonds. The molecule has 5 rings (SSSR count). The first kappa shape index (κ1) is 20.9. The number of hydrogen-bond donors (Lipinski definition) is 0. The number of benzene rings is 3. The van der Waals surface area contributed by atoms with Gasteiger partial charge in [0.25, 0.3) is 0 Å². The molecule has 0 aromatic heterocycles. The molecule has 4 heteroatoms. The van der Waals surface area contributed by atoms with E-state index in [-0.39, 0.29) is 12.1 Å². The van der Waals surface area contributed by atoms with Gasteiger partial charge in [-0.3, -0.25) is 4.90 Å². The van der Waals surface area contributed by atoms with Crippen molar-refractivity contribution in [1.29, 1.82) is 0 Å². The van der Waals surface area contributed by atoms with E-state index in [2.05, 4.69) is 70.5 Å². The lowest BCUT2D eigenvalue weighted by atomic mass is 9.96. The van der Waals surface area contributed by atoms with Gasteiger partial charge >= 0.3 is 5.97 Å². The van der Waals surface area contributed by atoms with Gasteiger partial charge in [0.05, 0.1) is 11.6 Å². The Morgan fingerprint density at radius 2 is 1.38 bits per heavy atom. The molecule has 0 saturated carbocycles. The van der Waals surface area contributed by atoms with Gasteiger partial charge in [0.15, 0.2) is 0 Å². The summed E-state index contributed by atoms with van der Waals surface area (Å²) in [4.78, 5) is 17.2. The van der Waals surface area contributed by atoms with Crippen molar-refractivity contribution in [2.75, 3.05) is 32.7 Å². The summed E-state index contributed by atoms with van der Waals surface area (Å²) < 4.78 is 5.60. The number of nitrogens with zero attached hydrogens (tertiary/aromatic N) is 2. The highest BCUT2D eigenvalue weighted by atomic mass is 16.5. The minimum atomic E-state index is -0.174. The van der Waals surface area contributed by atoms with Gasteiger partial charge in [-0.2, -0.15) is 0 Å². The predicted octanol–water partition coefficient (Wildman–Crippen LogP) is 5.09. The first-order valence-corrected chi connectivity index (χ1v) is 11.7. The highest BCUT2D eigenvalue weighted by Gasteiger charge is 2.30. The summed E-state index contributed by atoms with van der Waals surface area (Å²) >= 11 is 0. The first-order valence-electron chi connectivity index (χ1n) is 11.7. The number of piperazine rings is 1. The fourth-order valence-electron chi connectivity index (χ4n) is 5.06. The first-order chi connectivity index (χ1) is 15.8. The molecule has 0 bridgehead atoms. The minimum Gasteiger partial charge on any atom is -0.454 e. The Hall–Kier alpha value is -2.95. The number of esters is 1. The Labute approximate surface area is 190 Å². The SMILES string of the molecule is O=C1OC(CCCN2CCN(C(c3ccccc3)c3ccccc3)CC2)c2ccccc21. The van der Waals surface area contributed by atoms with E-state index in [1.54, 1.807) is 0 Å². The third-order valence-corrected chi connectivity index (χ3v) is 6.72. The second kappa shape index (κ2) is 9.68. The van der Waals surface area contributed by atoms with Crippen molar-refractivity contribution in [1.82, 2.24) is 9.80 Å². The van der Waals surface area contributed by atoms with Gasteiger partial charge in [-0.25, -0.2) is 4.79 Å². The van der Waals surface area contributed by atoms with Crippen LogP contribution in [0.5, 0.6) is 0 Å². The standard InChI is InChI=1S/C28H30N2O2/c31-28-25-15-8-7-14-24(25)26(32-28)16-9-17-29-18-20-30(21-19-29)27(22-10-3-1-4-11-22)23-12-5-2-6-13-23/h1-8,10-15,26-27H,9,16-21H2. The third kappa shape index (κ3) is 4.47. The van der Waals surface area contributed by atoms with E-state index >= 15 is 0 Å². The van der Waals surface area contributed by atoms with Gasteiger partial charge in [0.1, 0.15) is 6.10 Å². The van der Waals surface area contributed by atoms with Crippen LogP contribution in [-0.4, -0.2) is 48.5 Å². The van der Waals surface area contributed by atoms with Crippen LogP contribution in [0.25, 0.3) is 0 Å². The molecule has 164 valence electrons. The monoisotopic (exact) mass is 426 g/mol. The van der Waals surface area contributed by atoms with Crippen LogP contribution in [0.4, 0.5) is 0 Å². The molecule has 1 unspecified atom stereocenters. The lowest BCUT2D eigenvalue weighted by Gasteiger charge is -2.40. The molecular weight excluding hydrogens is 396 g/mol. The van der Waals surface area contributed by atoms with Crippen LogP contribution in [-0.2, 0) is 4.74 Å². The molecule has 2 aliphatic heterocycles. The molecule has 0 spiro atoms. The Balaban J connectivity index is 1.17. The molecule has 0 N–H and O–H groups in total. The zero-order valence-electron chi connectivity index (χ0n) is 18.4. The summed E-state index contributed by atoms with van der Waals surface area (Å²) in [5.74, 6) is -0.174. The predicted molar refractivity (Wildman–Crippen MR) is 127 cm³/mol. The summed E-state index contributed by atoms with van der Waals surface area (Å²) in [6, 6.07) is 29.8. The minimum absolute atomic E-state index is 0.0828.